The van der Waals surface area contributed by atoms with Gasteiger partial charge in [0.15, 0.2) is 0 Å². The second-order valence-electron chi connectivity index (χ2n) is 17.1. The van der Waals surface area contributed by atoms with Crippen LogP contribution in [0.3, 0.4) is 0 Å². The van der Waals surface area contributed by atoms with E-state index in [0.717, 1.165) is 17.1 Å². The lowest BCUT2D eigenvalue weighted by Crippen LogP contribution is -2.26. The fourth-order valence-electron chi connectivity index (χ4n) is 11.6. The highest BCUT2D eigenvalue weighted by molar-refractivity contribution is 7.25. The van der Waals surface area contributed by atoms with Gasteiger partial charge in [0.25, 0.3) is 0 Å². The van der Waals surface area contributed by atoms with Crippen molar-refractivity contribution < 1.29 is 0 Å². The van der Waals surface area contributed by atoms with Crippen LogP contribution in [0.15, 0.2) is 224 Å². The van der Waals surface area contributed by atoms with Gasteiger partial charge in [-0.2, -0.15) is 0 Å². The van der Waals surface area contributed by atoms with Crippen LogP contribution in [0.2, 0.25) is 0 Å². The summed E-state index contributed by atoms with van der Waals surface area (Å²) in [5.41, 5.74) is 16.0. The van der Waals surface area contributed by atoms with E-state index in [1.54, 1.807) is 0 Å². The first-order chi connectivity index (χ1) is 31.3. The minimum Gasteiger partial charge on any atom is -0.310 e. The zero-order chi connectivity index (χ0) is 41.2. The van der Waals surface area contributed by atoms with Crippen molar-refractivity contribution in [1.29, 1.82) is 0 Å². The fourth-order valence-corrected chi connectivity index (χ4v) is 12.7. The van der Waals surface area contributed by atoms with Crippen molar-refractivity contribution in [3.05, 3.63) is 247 Å². The molecule has 0 bridgehead atoms. The molecular formula is C61H37NS. The molecule has 0 amide bonds. The van der Waals surface area contributed by atoms with Gasteiger partial charge in [-0.3, -0.25) is 0 Å². The first kappa shape index (κ1) is 34.9. The topological polar surface area (TPSA) is 3.24 Å². The molecule has 0 aliphatic heterocycles. The quantitative estimate of drug-likeness (QED) is 0.160. The van der Waals surface area contributed by atoms with Gasteiger partial charge in [0.2, 0.25) is 0 Å². The molecule has 1 heterocycles. The minimum absolute atomic E-state index is 0.450. The number of rotatable bonds is 4. The van der Waals surface area contributed by atoms with Crippen LogP contribution in [0, 0.1) is 0 Å². The third kappa shape index (κ3) is 4.71. The number of thiophene rings is 1. The van der Waals surface area contributed by atoms with Gasteiger partial charge in [-0.1, -0.05) is 182 Å². The number of fused-ring (bicyclic) bond motifs is 19. The molecule has 0 saturated heterocycles. The molecule has 14 rings (SSSR count). The van der Waals surface area contributed by atoms with Gasteiger partial charge in [0, 0.05) is 36.9 Å². The molecule has 2 aliphatic rings. The summed E-state index contributed by atoms with van der Waals surface area (Å²) in [6, 6.07) is 84.1. The van der Waals surface area contributed by atoms with Crippen molar-refractivity contribution >= 4 is 80.9 Å². The summed E-state index contributed by atoms with van der Waals surface area (Å²) in [6.45, 7) is 0. The third-order valence-electron chi connectivity index (χ3n) is 14.1. The Hall–Kier alpha value is -7.78. The highest BCUT2D eigenvalue weighted by Gasteiger charge is 2.51. The lowest BCUT2D eigenvalue weighted by molar-refractivity contribution is 0.793. The van der Waals surface area contributed by atoms with Crippen LogP contribution < -0.4 is 4.90 Å². The van der Waals surface area contributed by atoms with Crippen LogP contribution in [0.5, 0.6) is 0 Å². The standard InChI is InChI=1S/C61H37NS/c1-2-16-44-42(15-1)43-17-3-4-21-49(43)59-50(44)24-13-28-56(59)62(39-33-31-38(32-34-39)41-23-14-30-58-60(41)51-22-8-12-29-57(51)63-58)40-35-36-48-47-20-7-11-27-54(47)61(55(48)37-40)52-25-9-5-18-45(52)46-19-6-10-26-53(46)61/h1-37H. The van der Waals surface area contributed by atoms with E-state index in [4.69, 9.17) is 0 Å². The average molecular weight is 816 g/mol. The Morgan fingerprint density at radius 2 is 0.762 bits per heavy atom. The predicted molar refractivity (Wildman–Crippen MR) is 268 cm³/mol. The molecule has 0 N–H and O–H groups in total. The van der Waals surface area contributed by atoms with Crippen molar-refractivity contribution in [3.8, 4) is 33.4 Å². The molecule has 0 fully saturated rings. The lowest BCUT2D eigenvalue weighted by atomic mass is 9.70. The van der Waals surface area contributed by atoms with E-state index in [1.807, 2.05) is 11.3 Å². The summed E-state index contributed by atoms with van der Waals surface area (Å²) >= 11 is 1.87. The Morgan fingerprint density at radius 3 is 1.41 bits per heavy atom. The Kier molecular flexibility index (Phi) is 7.26. The highest BCUT2D eigenvalue weighted by Crippen LogP contribution is 2.63. The monoisotopic (exact) mass is 815 g/mol. The summed E-state index contributed by atoms with van der Waals surface area (Å²) in [6.07, 6.45) is 0. The zero-order valence-corrected chi connectivity index (χ0v) is 35.0. The number of nitrogens with zero attached hydrogens (tertiary/aromatic N) is 1. The maximum absolute atomic E-state index is 2.53. The lowest BCUT2D eigenvalue weighted by Gasteiger charge is -2.32. The van der Waals surface area contributed by atoms with Gasteiger partial charge >= 0.3 is 0 Å². The molecule has 1 aromatic heterocycles. The van der Waals surface area contributed by atoms with Crippen LogP contribution in [-0.4, -0.2) is 0 Å². The first-order valence-electron chi connectivity index (χ1n) is 21.8. The summed E-state index contributed by atoms with van der Waals surface area (Å²) in [5.74, 6) is 0. The van der Waals surface area contributed by atoms with Crippen LogP contribution in [0.1, 0.15) is 22.3 Å². The molecule has 11 aromatic carbocycles. The number of benzene rings is 11. The average Bonchev–Trinajstić information content (AvgIpc) is 3.99. The largest absolute Gasteiger partial charge is 0.310 e. The van der Waals surface area contributed by atoms with E-state index in [-0.39, 0.29) is 0 Å². The van der Waals surface area contributed by atoms with Gasteiger partial charge in [-0.25, -0.2) is 0 Å². The predicted octanol–water partition coefficient (Wildman–Crippen LogP) is 17.0. The molecule has 2 aliphatic carbocycles. The van der Waals surface area contributed by atoms with E-state index >= 15 is 0 Å². The smallest absolute Gasteiger partial charge is 0.0726 e. The molecule has 12 aromatic rings. The van der Waals surface area contributed by atoms with Gasteiger partial charge in [0.05, 0.1) is 11.1 Å². The number of hydrogen-bond acceptors (Lipinski definition) is 2. The molecule has 2 heteroatoms. The van der Waals surface area contributed by atoms with Crippen molar-refractivity contribution in [2.45, 2.75) is 5.41 Å². The first-order valence-corrected chi connectivity index (χ1v) is 22.7. The maximum Gasteiger partial charge on any atom is 0.0726 e. The van der Waals surface area contributed by atoms with Crippen molar-refractivity contribution in [2.75, 3.05) is 4.90 Å². The van der Waals surface area contributed by atoms with Crippen LogP contribution in [-0.2, 0) is 5.41 Å². The van der Waals surface area contributed by atoms with Crippen LogP contribution in [0.4, 0.5) is 17.1 Å². The second kappa shape index (κ2) is 13.1. The molecule has 0 unspecified atom stereocenters. The van der Waals surface area contributed by atoms with Crippen LogP contribution in [0.25, 0.3) is 85.9 Å². The van der Waals surface area contributed by atoms with E-state index in [0.29, 0.717) is 0 Å². The molecule has 1 spiro atoms. The SMILES string of the molecule is c1ccc2c(c1)-c1ccccc1C21c2ccccc2-c2ccc(N(c3ccc(-c4cccc5sc6ccccc6c45)cc3)c3cccc4c5ccccc5c5ccccc5c34)cc21. The van der Waals surface area contributed by atoms with Gasteiger partial charge in [-0.05, 0) is 125 Å². The molecule has 0 atom stereocenters. The van der Waals surface area contributed by atoms with Crippen LogP contribution >= 0.6 is 11.3 Å². The summed E-state index contributed by atoms with van der Waals surface area (Å²) in [4.78, 5) is 2.53. The van der Waals surface area contributed by atoms with Crippen molar-refractivity contribution in [1.82, 2.24) is 0 Å². The Labute approximate surface area is 369 Å². The molecule has 292 valence electrons. The summed E-state index contributed by atoms with van der Waals surface area (Å²) in [5, 5.41) is 10.2. The molecular weight excluding hydrogens is 779 g/mol. The van der Waals surface area contributed by atoms with E-state index < -0.39 is 5.41 Å². The number of hydrogen-bond donors (Lipinski definition) is 0. The van der Waals surface area contributed by atoms with Crippen molar-refractivity contribution in [3.63, 3.8) is 0 Å². The van der Waals surface area contributed by atoms with E-state index in [9.17, 15) is 0 Å². The summed E-state index contributed by atoms with van der Waals surface area (Å²) in [7, 11) is 0. The van der Waals surface area contributed by atoms with E-state index in [1.165, 1.54) is 108 Å². The summed E-state index contributed by atoms with van der Waals surface area (Å²) < 4.78 is 2.64. The minimum atomic E-state index is -0.450. The fraction of sp³-hybridized carbons (Fsp3) is 0.0164. The molecule has 63 heavy (non-hydrogen) atoms. The van der Waals surface area contributed by atoms with Crippen molar-refractivity contribution in [2.24, 2.45) is 0 Å². The Morgan fingerprint density at radius 1 is 0.302 bits per heavy atom. The Bertz CT molecular complexity index is 3760. The second-order valence-corrected chi connectivity index (χ2v) is 18.2. The van der Waals surface area contributed by atoms with Gasteiger partial charge in [-0.15, -0.1) is 11.3 Å². The normalized spacial score (nSPS) is 13.2. The third-order valence-corrected chi connectivity index (χ3v) is 15.2. The number of anilines is 3. The maximum atomic E-state index is 2.53. The van der Waals surface area contributed by atoms with Gasteiger partial charge in [0.1, 0.15) is 0 Å². The molecule has 0 radical (unpaired) electrons. The van der Waals surface area contributed by atoms with E-state index in [2.05, 4.69) is 229 Å². The Balaban J connectivity index is 1.05. The molecule has 0 saturated carbocycles. The highest BCUT2D eigenvalue weighted by atomic mass is 32.1. The molecule has 1 nitrogen and oxygen atoms in total. The van der Waals surface area contributed by atoms with Gasteiger partial charge < -0.3 is 4.90 Å². The zero-order valence-electron chi connectivity index (χ0n) is 34.2.